The first-order valence-corrected chi connectivity index (χ1v) is 11.6. The van der Waals surface area contributed by atoms with Gasteiger partial charge in [0.15, 0.2) is 0 Å². The van der Waals surface area contributed by atoms with Crippen molar-refractivity contribution in [2.75, 3.05) is 18.5 Å². The third kappa shape index (κ3) is 5.05. The highest BCUT2D eigenvalue weighted by atomic mass is 16.2. The lowest BCUT2D eigenvalue weighted by Gasteiger charge is -2.30. The highest BCUT2D eigenvalue weighted by Crippen LogP contribution is 2.28. The first-order valence-electron chi connectivity index (χ1n) is 11.6. The lowest BCUT2D eigenvalue weighted by atomic mass is 10.0. The standard InChI is InChI=1S/C25H32N6O2/c1-17(2)11-14-31-24(33)10-9-19-18(3)27-22(28-25(19)31)15-29(4)23(32)12-13-30-16-26-20-7-5-6-8-21(20)30/h5-8,16-17H,9-15H2,1-4H3. The van der Waals surface area contributed by atoms with Crippen LogP contribution in [-0.4, -0.2) is 49.8 Å². The van der Waals surface area contributed by atoms with Gasteiger partial charge in [-0.15, -0.1) is 0 Å². The average molecular weight is 449 g/mol. The number of imidazole rings is 1. The fourth-order valence-corrected chi connectivity index (χ4v) is 4.22. The molecular weight excluding hydrogens is 416 g/mol. The molecule has 0 radical (unpaired) electrons. The maximum Gasteiger partial charge on any atom is 0.228 e. The number of rotatable bonds is 8. The molecule has 1 aromatic carbocycles. The van der Waals surface area contributed by atoms with Gasteiger partial charge in [-0.2, -0.15) is 0 Å². The molecule has 0 N–H and O–H groups in total. The number of aryl methyl sites for hydroxylation is 2. The number of carbonyl (C=O) groups excluding carboxylic acids is 2. The normalized spacial score (nSPS) is 13.6. The quantitative estimate of drug-likeness (QED) is 0.527. The Balaban J connectivity index is 1.45. The Morgan fingerprint density at radius 2 is 1.94 bits per heavy atom. The van der Waals surface area contributed by atoms with Crippen LogP contribution in [0.4, 0.5) is 5.82 Å². The smallest absolute Gasteiger partial charge is 0.228 e. The van der Waals surface area contributed by atoms with Gasteiger partial charge in [0.2, 0.25) is 11.8 Å². The highest BCUT2D eigenvalue weighted by molar-refractivity contribution is 5.95. The van der Waals surface area contributed by atoms with Gasteiger partial charge in [-0.05, 0) is 37.8 Å². The van der Waals surface area contributed by atoms with Crippen LogP contribution in [0.15, 0.2) is 30.6 Å². The van der Waals surface area contributed by atoms with E-state index < -0.39 is 0 Å². The number of carbonyl (C=O) groups is 2. The van der Waals surface area contributed by atoms with Crippen LogP contribution in [0.2, 0.25) is 0 Å². The number of hydrogen-bond acceptors (Lipinski definition) is 5. The molecule has 8 nitrogen and oxygen atoms in total. The molecule has 1 aliphatic heterocycles. The zero-order valence-corrected chi connectivity index (χ0v) is 19.9. The van der Waals surface area contributed by atoms with Gasteiger partial charge in [-0.1, -0.05) is 26.0 Å². The van der Waals surface area contributed by atoms with E-state index in [1.165, 1.54) is 0 Å². The fraction of sp³-hybridized carbons (Fsp3) is 0.480. The molecule has 0 spiro atoms. The minimum Gasteiger partial charge on any atom is -0.338 e. The number of benzene rings is 1. The topological polar surface area (TPSA) is 84.2 Å². The van der Waals surface area contributed by atoms with Crippen LogP contribution in [0, 0.1) is 12.8 Å². The van der Waals surface area contributed by atoms with E-state index in [0.717, 1.165) is 34.5 Å². The second-order valence-electron chi connectivity index (χ2n) is 9.18. The molecule has 1 aliphatic rings. The maximum atomic E-state index is 12.8. The predicted molar refractivity (Wildman–Crippen MR) is 128 cm³/mol. The molecule has 0 aliphatic carbocycles. The zero-order chi connectivity index (χ0) is 23.5. The number of fused-ring (bicyclic) bond motifs is 2. The van der Waals surface area contributed by atoms with E-state index in [-0.39, 0.29) is 11.8 Å². The van der Waals surface area contributed by atoms with Crippen molar-refractivity contribution in [3.05, 3.63) is 47.7 Å². The van der Waals surface area contributed by atoms with Crippen molar-refractivity contribution in [2.24, 2.45) is 5.92 Å². The summed E-state index contributed by atoms with van der Waals surface area (Å²) in [5.74, 6) is 1.92. The Morgan fingerprint density at radius 1 is 1.15 bits per heavy atom. The molecule has 0 saturated heterocycles. The first-order chi connectivity index (χ1) is 15.8. The van der Waals surface area contributed by atoms with Crippen molar-refractivity contribution >= 4 is 28.7 Å². The SMILES string of the molecule is Cc1nc(CN(C)C(=O)CCn2cnc3ccccc32)nc2c1CCC(=O)N2CCC(C)C. The van der Waals surface area contributed by atoms with Gasteiger partial charge < -0.3 is 9.47 Å². The summed E-state index contributed by atoms with van der Waals surface area (Å²) in [5, 5.41) is 0. The van der Waals surface area contributed by atoms with Crippen LogP contribution in [0.3, 0.4) is 0 Å². The molecule has 174 valence electrons. The molecule has 4 rings (SSSR count). The van der Waals surface area contributed by atoms with Gasteiger partial charge in [0.25, 0.3) is 0 Å². The largest absolute Gasteiger partial charge is 0.338 e. The van der Waals surface area contributed by atoms with E-state index in [1.807, 2.05) is 40.7 Å². The van der Waals surface area contributed by atoms with Gasteiger partial charge in [-0.3, -0.25) is 14.5 Å². The lowest BCUT2D eigenvalue weighted by Crippen LogP contribution is -2.38. The van der Waals surface area contributed by atoms with E-state index in [1.54, 1.807) is 18.3 Å². The van der Waals surface area contributed by atoms with Crippen LogP contribution < -0.4 is 4.90 Å². The molecule has 2 amide bonds. The predicted octanol–water partition coefficient (Wildman–Crippen LogP) is 3.51. The van der Waals surface area contributed by atoms with Crippen LogP contribution in [-0.2, 0) is 29.1 Å². The second kappa shape index (κ2) is 9.68. The van der Waals surface area contributed by atoms with Crippen molar-refractivity contribution in [3.63, 3.8) is 0 Å². The van der Waals surface area contributed by atoms with E-state index in [9.17, 15) is 9.59 Å². The minimum absolute atomic E-state index is 0.0134. The number of amides is 2. The van der Waals surface area contributed by atoms with Crippen molar-refractivity contribution in [1.82, 2.24) is 24.4 Å². The molecule has 3 aromatic rings. The lowest BCUT2D eigenvalue weighted by molar-refractivity contribution is -0.130. The summed E-state index contributed by atoms with van der Waals surface area (Å²) in [4.78, 5) is 42.7. The van der Waals surface area contributed by atoms with Gasteiger partial charge in [0, 0.05) is 44.2 Å². The molecule has 8 heteroatoms. The van der Waals surface area contributed by atoms with Gasteiger partial charge in [0.05, 0.1) is 23.9 Å². The molecule has 0 atom stereocenters. The molecule has 0 unspecified atom stereocenters. The summed E-state index contributed by atoms with van der Waals surface area (Å²) in [6.07, 6.45) is 4.23. The third-order valence-electron chi connectivity index (χ3n) is 6.21. The van der Waals surface area contributed by atoms with E-state index >= 15 is 0 Å². The Morgan fingerprint density at radius 3 is 2.73 bits per heavy atom. The summed E-state index contributed by atoms with van der Waals surface area (Å²) in [6, 6.07) is 7.90. The van der Waals surface area contributed by atoms with Gasteiger partial charge >= 0.3 is 0 Å². The van der Waals surface area contributed by atoms with Gasteiger partial charge in [-0.25, -0.2) is 15.0 Å². The van der Waals surface area contributed by atoms with E-state index in [4.69, 9.17) is 4.98 Å². The summed E-state index contributed by atoms with van der Waals surface area (Å²) in [5.41, 5.74) is 3.88. The Hall–Kier alpha value is -3.29. The monoisotopic (exact) mass is 448 g/mol. The Labute approximate surface area is 194 Å². The molecule has 0 bridgehead atoms. The number of para-hydroxylation sites is 2. The highest BCUT2D eigenvalue weighted by Gasteiger charge is 2.28. The Bertz CT molecular complexity index is 1170. The molecule has 2 aromatic heterocycles. The molecule has 0 saturated carbocycles. The summed E-state index contributed by atoms with van der Waals surface area (Å²) in [6.45, 7) is 7.80. The molecule has 33 heavy (non-hydrogen) atoms. The molecule has 3 heterocycles. The summed E-state index contributed by atoms with van der Waals surface area (Å²) >= 11 is 0. The van der Waals surface area contributed by atoms with Crippen LogP contribution in [0.1, 0.15) is 50.2 Å². The number of hydrogen-bond donors (Lipinski definition) is 0. The van der Waals surface area contributed by atoms with Crippen molar-refractivity contribution in [3.8, 4) is 0 Å². The zero-order valence-electron chi connectivity index (χ0n) is 19.9. The fourth-order valence-electron chi connectivity index (χ4n) is 4.22. The average Bonchev–Trinajstić information content (AvgIpc) is 3.19. The van der Waals surface area contributed by atoms with E-state index in [2.05, 4.69) is 23.8 Å². The second-order valence-corrected chi connectivity index (χ2v) is 9.18. The summed E-state index contributed by atoms with van der Waals surface area (Å²) < 4.78 is 2.00. The van der Waals surface area contributed by atoms with E-state index in [0.29, 0.717) is 50.6 Å². The number of nitrogens with zero attached hydrogens (tertiary/aromatic N) is 6. The maximum absolute atomic E-state index is 12.8. The number of anilines is 1. The minimum atomic E-state index is 0.0134. The first kappa shape index (κ1) is 22.9. The number of aromatic nitrogens is 4. The van der Waals surface area contributed by atoms with Crippen LogP contribution >= 0.6 is 0 Å². The molecule has 0 fully saturated rings. The van der Waals surface area contributed by atoms with Gasteiger partial charge in [0.1, 0.15) is 11.6 Å². The van der Waals surface area contributed by atoms with Crippen molar-refractivity contribution in [2.45, 2.75) is 59.5 Å². The third-order valence-corrected chi connectivity index (χ3v) is 6.21. The van der Waals surface area contributed by atoms with Crippen LogP contribution in [0.25, 0.3) is 11.0 Å². The Kier molecular flexibility index (Phi) is 6.72. The van der Waals surface area contributed by atoms with Crippen LogP contribution in [0.5, 0.6) is 0 Å². The summed E-state index contributed by atoms with van der Waals surface area (Å²) in [7, 11) is 1.77. The van der Waals surface area contributed by atoms with Crippen molar-refractivity contribution in [1.29, 1.82) is 0 Å². The molecular formula is C25H32N6O2. The van der Waals surface area contributed by atoms with Crippen molar-refractivity contribution < 1.29 is 9.59 Å².